The number of hydrogen-bond donors (Lipinski definition) is 2. The van der Waals surface area contributed by atoms with Crippen LogP contribution in [0.25, 0.3) is 0 Å². The van der Waals surface area contributed by atoms with Gasteiger partial charge in [-0.15, -0.1) is 0 Å². The number of amides is 1. The topological polar surface area (TPSA) is 79.6 Å². The summed E-state index contributed by atoms with van der Waals surface area (Å²) in [6, 6.07) is 5.97. The maximum atomic E-state index is 12.4. The summed E-state index contributed by atoms with van der Waals surface area (Å²) in [6.45, 7) is 10.7. The highest BCUT2D eigenvalue weighted by atomic mass is 16.5. The van der Waals surface area contributed by atoms with E-state index in [1.54, 1.807) is 0 Å². The van der Waals surface area contributed by atoms with Crippen LogP contribution in [0.4, 0.5) is 5.69 Å². The van der Waals surface area contributed by atoms with Crippen molar-refractivity contribution in [3.8, 4) is 5.75 Å². The van der Waals surface area contributed by atoms with Gasteiger partial charge in [0, 0.05) is 25.8 Å². The van der Waals surface area contributed by atoms with E-state index in [-0.39, 0.29) is 12.5 Å². The minimum absolute atomic E-state index is 0.0550. The number of nitrogens with one attached hydrogen (secondary N) is 1. The van der Waals surface area contributed by atoms with E-state index >= 15 is 0 Å². The Morgan fingerprint density at radius 2 is 1.97 bits per heavy atom. The van der Waals surface area contributed by atoms with E-state index in [1.807, 2.05) is 42.9 Å². The first kappa shape index (κ1) is 21.3. The third-order valence-electron chi connectivity index (χ3n) is 5.68. The van der Waals surface area contributed by atoms with Gasteiger partial charge in [-0.25, -0.2) is 0 Å². The summed E-state index contributed by atoms with van der Waals surface area (Å²) in [6.07, 6.45) is 3.02. The zero-order valence-electron chi connectivity index (χ0n) is 17.9. The molecule has 2 N–H and O–H groups in total. The lowest BCUT2D eigenvalue weighted by Gasteiger charge is -2.37. The summed E-state index contributed by atoms with van der Waals surface area (Å²) < 4.78 is 7.66. The molecule has 2 aromatic rings. The first-order valence-electron chi connectivity index (χ1n) is 10.3. The van der Waals surface area contributed by atoms with E-state index in [0.717, 1.165) is 23.7 Å². The van der Waals surface area contributed by atoms with Gasteiger partial charge in [0.1, 0.15) is 18.0 Å². The molecule has 1 aromatic carbocycles. The van der Waals surface area contributed by atoms with Crippen LogP contribution in [-0.4, -0.2) is 57.5 Å². The average Bonchev–Trinajstić information content (AvgIpc) is 3.04. The van der Waals surface area contributed by atoms with E-state index < -0.39 is 5.60 Å². The third-order valence-corrected chi connectivity index (χ3v) is 5.68. The Hall–Kier alpha value is -2.38. The summed E-state index contributed by atoms with van der Waals surface area (Å²) in [5.74, 6) is 0.729. The minimum Gasteiger partial charge on any atom is -0.491 e. The molecule has 2 heterocycles. The van der Waals surface area contributed by atoms with Gasteiger partial charge < -0.3 is 15.2 Å². The number of aliphatic hydroxyl groups is 1. The quantitative estimate of drug-likeness (QED) is 0.747. The molecule has 0 atom stereocenters. The molecule has 0 spiro atoms. The van der Waals surface area contributed by atoms with Crippen LogP contribution in [0.15, 0.2) is 24.4 Å². The van der Waals surface area contributed by atoms with Crippen LogP contribution in [0.3, 0.4) is 0 Å². The van der Waals surface area contributed by atoms with Crippen LogP contribution in [0.1, 0.15) is 36.6 Å². The predicted molar refractivity (Wildman–Crippen MR) is 113 cm³/mol. The summed E-state index contributed by atoms with van der Waals surface area (Å²) in [5.41, 5.74) is 3.11. The molecule has 0 unspecified atom stereocenters. The summed E-state index contributed by atoms with van der Waals surface area (Å²) in [5, 5.41) is 18.1. The van der Waals surface area contributed by atoms with Gasteiger partial charge in [-0.1, -0.05) is 6.07 Å². The van der Waals surface area contributed by atoms with Gasteiger partial charge in [0.05, 0.1) is 17.9 Å². The van der Waals surface area contributed by atoms with Crippen molar-refractivity contribution < 1.29 is 14.6 Å². The second-order valence-corrected chi connectivity index (χ2v) is 8.07. The Bertz CT molecular complexity index is 854. The first-order valence-corrected chi connectivity index (χ1v) is 10.3. The van der Waals surface area contributed by atoms with Gasteiger partial charge >= 0.3 is 0 Å². The molecule has 0 bridgehead atoms. The van der Waals surface area contributed by atoms with E-state index in [4.69, 9.17) is 4.74 Å². The van der Waals surface area contributed by atoms with Crippen LogP contribution >= 0.6 is 0 Å². The number of aromatic nitrogens is 2. The van der Waals surface area contributed by atoms with Crippen molar-refractivity contribution in [1.29, 1.82) is 0 Å². The van der Waals surface area contributed by atoms with E-state index in [2.05, 4.69) is 29.2 Å². The zero-order valence-corrected chi connectivity index (χ0v) is 17.9. The summed E-state index contributed by atoms with van der Waals surface area (Å²) in [4.78, 5) is 14.5. The Labute approximate surface area is 172 Å². The van der Waals surface area contributed by atoms with Crippen molar-refractivity contribution in [3.63, 3.8) is 0 Å². The lowest BCUT2D eigenvalue weighted by Crippen LogP contribution is -2.49. The molecule has 0 aliphatic carbocycles. The van der Waals surface area contributed by atoms with Gasteiger partial charge in [-0.2, -0.15) is 5.10 Å². The first-order chi connectivity index (χ1) is 13.8. The number of anilines is 1. The molecule has 7 nitrogen and oxygen atoms in total. The average molecular weight is 401 g/mol. The summed E-state index contributed by atoms with van der Waals surface area (Å²) >= 11 is 0. The minimum atomic E-state index is -0.857. The smallest absolute Gasteiger partial charge is 0.238 e. The lowest BCUT2D eigenvalue weighted by atomic mass is 9.92. The van der Waals surface area contributed by atoms with Crippen LogP contribution in [0.2, 0.25) is 0 Å². The number of carbonyl (C=O) groups excluding carboxylic acids is 1. The SMILES string of the molecule is CCn1cc(NC(=O)CN2CCC(O)(COc3ccc(C)c(C)c3)CC2)c(C)n1. The fourth-order valence-corrected chi connectivity index (χ4v) is 3.49. The van der Waals surface area contributed by atoms with Crippen molar-refractivity contribution in [3.05, 3.63) is 41.2 Å². The molecule has 0 radical (unpaired) electrons. The van der Waals surface area contributed by atoms with Crippen LogP contribution < -0.4 is 10.1 Å². The van der Waals surface area contributed by atoms with Crippen LogP contribution in [0, 0.1) is 20.8 Å². The zero-order chi connectivity index (χ0) is 21.0. The number of carbonyl (C=O) groups is 1. The van der Waals surface area contributed by atoms with Gasteiger partial charge in [0.25, 0.3) is 0 Å². The maximum Gasteiger partial charge on any atom is 0.238 e. The van der Waals surface area contributed by atoms with E-state index in [1.165, 1.54) is 11.1 Å². The normalized spacial score (nSPS) is 16.6. The molecular weight excluding hydrogens is 368 g/mol. The van der Waals surface area contributed by atoms with Crippen molar-refractivity contribution >= 4 is 11.6 Å². The number of hydrogen-bond acceptors (Lipinski definition) is 5. The highest BCUT2D eigenvalue weighted by molar-refractivity contribution is 5.92. The predicted octanol–water partition coefficient (Wildman–Crippen LogP) is 2.67. The molecule has 1 amide bonds. The number of rotatable bonds is 7. The molecule has 1 aliphatic heterocycles. The fourth-order valence-electron chi connectivity index (χ4n) is 3.49. The van der Waals surface area contributed by atoms with E-state index in [0.29, 0.717) is 32.5 Å². The van der Waals surface area contributed by atoms with Gasteiger partial charge in [-0.05, 0) is 63.8 Å². The largest absolute Gasteiger partial charge is 0.491 e. The van der Waals surface area contributed by atoms with E-state index in [9.17, 15) is 9.90 Å². The number of ether oxygens (including phenoxy) is 1. The molecule has 29 heavy (non-hydrogen) atoms. The molecule has 3 rings (SSSR count). The molecule has 158 valence electrons. The monoisotopic (exact) mass is 400 g/mol. The molecule has 1 aliphatic rings. The molecule has 0 saturated carbocycles. The molecular formula is C22H32N4O3. The Kier molecular flexibility index (Phi) is 6.59. The van der Waals surface area contributed by atoms with Crippen LogP contribution in [0.5, 0.6) is 5.75 Å². The Morgan fingerprint density at radius 3 is 2.59 bits per heavy atom. The Morgan fingerprint density at radius 1 is 1.24 bits per heavy atom. The van der Waals surface area contributed by atoms with Crippen LogP contribution in [-0.2, 0) is 11.3 Å². The molecule has 1 aromatic heterocycles. The standard InChI is InChI=1S/C22H32N4O3/c1-5-26-13-20(18(4)24-26)23-21(27)14-25-10-8-22(28,9-11-25)15-29-19-7-6-16(2)17(3)12-19/h6-7,12-13,28H,5,8-11,14-15H2,1-4H3,(H,23,27). The van der Waals surface area contributed by atoms with Crippen molar-refractivity contribution in [2.24, 2.45) is 0 Å². The number of nitrogens with zero attached hydrogens (tertiary/aromatic N) is 3. The highest BCUT2D eigenvalue weighted by Gasteiger charge is 2.33. The molecule has 1 saturated heterocycles. The van der Waals surface area contributed by atoms with Gasteiger partial charge in [-0.3, -0.25) is 14.4 Å². The Balaban J connectivity index is 1.45. The second-order valence-electron chi connectivity index (χ2n) is 8.07. The number of aryl methyl sites for hydroxylation is 4. The number of benzene rings is 1. The maximum absolute atomic E-state index is 12.4. The molecule has 1 fully saturated rings. The third kappa shape index (κ3) is 5.58. The fraction of sp³-hybridized carbons (Fsp3) is 0.545. The number of piperidine rings is 1. The molecule has 7 heteroatoms. The number of likely N-dealkylation sites (tertiary alicyclic amines) is 1. The lowest BCUT2D eigenvalue weighted by molar-refractivity contribution is -0.119. The highest BCUT2D eigenvalue weighted by Crippen LogP contribution is 2.25. The van der Waals surface area contributed by atoms with Gasteiger partial charge in [0.15, 0.2) is 0 Å². The van der Waals surface area contributed by atoms with Crippen molar-refractivity contribution in [2.45, 2.75) is 52.7 Å². The summed E-state index contributed by atoms with van der Waals surface area (Å²) in [7, 11) is 0. The van der Waals surface area contributed by atoms with Crippen molar-refractivity contribution in [2.75, 3.05) is 31.6 Å². The van der Waals surface area contributed by atoms with Crippen molar-refractivity contribution in [1.82, 2.24) is 14.7 Å². The van der Waals surface area contributed by atoms with Gasteiger partial charge in [0.2, 0.25) is 5.91 Å². The second kappa shape index (κ2) is 8.97.